The van der Waals surface area contributed by atoms with Crippen LogP contribution in [0, 0.1) is 0 Å². The van der Waals surface area contributed by atoms with Crippen LogP contribution in [0.4, 0.5) is 4.79 Å². The molecule has 1 aliphatic rings. The Labute approximate surface area is 120 Å². The van der Waals surface area contributed by atoms with Crippen molar-refractivity contribution in [2.75, 3.05) is 26.2 Å². The van der Waals surface area contributed by atoms with Gasteiger partial charge in [-0.15, -0.1) is 0 Å². The zero-order chi connectivity index (χ0) is 14.8. The number of carbonyl (C=O) groups is 2. The van der Waals surface area contributed by atoms with E-state index in [0.717, 1.165) is 32.2 Å². The van der Waals surface area contributed by atoms with Gasteiger partial charge in [0.05, 0.1) is 6.10 Å². The molecule has 0 aromatic rings. The van der Waals surface area contributed by atoms with Gasteiger partial charge in [0, 0.05) is 32.7 Å². The molecule has 1 saturated heterocycles. The van der Waals surface area contributed by atoms with Crippen molar-refractivity contribution in [2.24, 2.45) is 0 Å². The molecule has 0 radical (unpaired) electrons. The van der Waals surface area contributed by atoms with Gasteiger partial charge in [-0.2, -0.15) is 0 Å². The lowest BCUT2D eigenvalue weighted by molar-refractivity contribution is -0.137. The minimum absolute atomic E-state index is 0.0346. The second-order valence-corrected chi connectivity index (χ2v) is 5.10. The minimum Gasteiger partial charge on any atom is -0.481 e. The Morgan fingerprint density at radius 1 is 1.35 bits per heavy atom. The van der Waals surface area contributed by atoms with Crippen molar-refractivity contribution in [2.45, 2.75) is 51.6 Å². The SMILES string of the molecule is CCOC1CCCN(C(=O)NCCCCCC(=O)O)C1. The van der Waals surface area contributed by atoms with E-state index in [1.54, 1.807) is 4.90 Å². The first-order valence-corrected chi connectivity index (χ1v) is 7.49. The van der Waals surface area contributed by atoms with E-state index in [1.807, 2.05) is 6.92 Å². The second-order valence-electron chi connectivity index (χ2n) is 5.10. The Balaban J connectivity index is 2.11. The van der Waals surface area contributed by atoms with Crippen molar-refractivity contribution in [1.82, 2.24) is 10.2 Å². The smallest absolute Gasteiger partial charge is 0.317 e. The molecule has 0 aliphatic carbocycles. The van der Waals surface area contributed by atoms with Gasteiger partial charge in [-0.05, 0) is 32.6 Å². The Bertz CT molecular complexity index is 308. The van der Waals surface area contributed by atoms with Crippen LogP contribution in [0.3, 0.4) is 0 Å². The van der Waals surface area contributed by atoms with Crippen LogP contribution in [-0.4, -0.2) is 54.4 Å². The summed E-state index contributed by atoms with van der Waals surface area (Å²) < 4.78 is 5.57. The Morgan fingerprint density at radius 2 is 2.15 bits per heavy atom. The molecule has 2 amide bonds. The topological polar surface area (TPSA) is 78.9 Å². The van der Waals surface area contributed by atoms with Gasteiger partial charge in [-0.3, -0.25) is 4.79 Å². The molecule has 1 atom stereocenters. The van der Waals surface area contributed by atoms with E-state index in [2.05, 4.69) is 5.32 Å². The van der Waals surface area contributed by atoms with Gasteiger partial charge in [0.2, 0.25) is 0 Å². The van der Waals surface area contributed by atoms with Gasteiger partial charge >= 0.3 is 12.0 Å². The molecule has 6 heteroatoms. The predicted molar refractivity (Wildman–Crippen MR) is 75.7 cm³/mol. The summed E-state index contributed by atoms with van der Waals surface area (Å²) in [6.07, 6.45) is 4.69. The van der Waals surface area contributed by atoms with E-state index in [-0.39, 0.29) is 18.6 Å². The van der Waals surface area contributed by atoms with Gasteiger partial charge in [0.25, 0.3) is 0 Å². The summed E-state index contributed by atoms with van der Waals surface area (Å²) in [5.41, 5.74) is 0. The number of ether oxygens (including phenoxy) is 1. The third-order valence-corrected chi connectivity index (χ3v) is 3.41. The average molecular weight is 286 g/mol. The van der Waals surface area contributed by atoms with Crippen LogP contribution < -0.4 is 5.32 Å². The van der Waals surface area contributed by atoms with Crippen LogP contribution >= 0.6 is 0 Å². The van der Waals surface area contributed by atoms with Crippen molar-refractivity contribution in [3.8, 4) is 0 Å². The van der Waals surface area contributed by atoms with Crippen LogP contribution in [-0.2, 0) is 9.53 Å². The Morgan fingerprint density at radius 3 is 2.85 bits per heavy atom. The number of unbranched alkanes of at least 4 members (excludes halogenated alkanes) is 2. The number of hydrogen-bond donors (Lipinski definition) is 2. The van der Waals surface area contributed by atoms with Gasteiger partial charge in [0.15, 0.2) is 0 Å². The number of rotatable bonds is 8. The molecule has 0 bridgehead atoms. The molecule has 0 aromatic heterocycles. The fourth-order valence-electron chi connectivity index (χ4n) is 2.38. The third kappa shape index (κ3) is 6.75. The zero-order valence-corrected chi connectivity index (χ0v) is 12.3. The summed E-state index contributed by atoms with van der Waals surface area (Å²) >= 11 is 0. The highest BCUT2D eigenvalue weighted by molar-refractivity contribution is 5.74. The molecule has 116 valence electrons. The molecule has 2 N–H and O–H groups in total. The zero-order valence-electron chi connectivity index (χ0n) is 12.3. The standard InChI is InChI=1S/C14H26N2O4/c1-2-20-12-7-6-10-16(11-12)14(19)15-9-5-3-4-8-13(17)18/h12H,2-11H2,1H3,(H,15,19)(H,17,18). The maximum Gasteiger partial charge on any atom is 0.317 e. The maximum atomic E-state index is 12.0. The monoisotopic (exact) mass is 286 g/mol. The number of carboxylic acids is 1. The first-order valence-electron chi connectivity index (χ1n) is 7.49. The highest BCUT2D eigenvalue weighted by Crippen LogP contribution is 2.13. The largest absolute Gasteiger partial charge is 0.481 e. The number of urea groups is 1. The Hall–Kier alpha value is -1.30. The quantitative estimate of drug-likeness (QED) is 0.667. The molecule has 0 aromatic carbocycles. The Kier molecular flexibility index (Phi) is 8.02. The molecule has 6 nitrogen and oxygen atoms in total. The van der Waals surface area contributed by atoms with Gasteiger partial charge in [-0.25, -0.2) is 4.79 Å². The molecule has 1 aliphatic heterocycles. The van der Waals surface area contributed by atoms with E-state index in [9.17, 15) is 9.59 Å². The van der Waals surface area contributed by atoms with Crippen molar-refractivity contribution >= 4 is 12.0 Å². The highest BCUT2D eigenvalue weighted by atomic mass is 16.5. The van der Waals surface area contributed by atoms with E-state index in [0.29, 0.717) is 26.1 Å². The number of amides is 2. The summed E-state index contributed by atoms with van der Waals surface area (Å²) in [4.78, 5) is 24.1. The van der Waals surface area contributed by atoms with Gasteiger partial charge in [0.1, 0.15) is 0 Å². The molecule has 1 fully saturated rings. The highest BCUT2D eigenvalue weighted by Gasteiger charge is 2.23. The number of nitrogens with zero attached hydrogens (tertiary/aromatic N) is 1. The van der Waals surface area contributed by atoms with Gasteiger partial charge in [-0.1, -0.05) is 6.42 Å². The van der Waals surface area contributed by atoms with Crippen LogP contribution in [0.2, 0.25) is 0 Å². The minimum atomic E-state index is -0.760. The first kappa shape index (κ1) is 16.8. The summed E-state index contributed by atoms with van der Waals surface area (Å²) in [7, 11) is 0. The molecule has 1 heterocycles. The molecule has 1 unspecified atom stereocenters. The van der Waals surface area contributed by atoms with Crippen molar-refractivity contribution in [3.63, 3.8) is 0 Å². The van der Waals surface area contributed by atoms with Crippen LogP contribution in [0.25, 0.3) is 0 Å². The van der Waals surface area contributed by atoms with Crippen molar-refractivity contribution in [1.29, 1.82) is 0 Å². The molecule has 20 heavy (non-hydrogen) atoms. The van der Waals surface area contributed by atoms with E-state index in [1.165, 1.54) is 0 Å². The number of carbonyl (C=O) groups excluding carboxylic acids is 1. The lowest BCUT2D eigenvalue weighted by Crippen LogP contribution is -2.48. The average Bonchev–Trinajstić information content (AvgIpc) is 2.43. The second kappa shape index (κ2) is 9.58. The van der Waals surface area contributed by atoms with Crippen LogP contribution in [0.1, 0.15) is 45.4 Å². The first-order chi connectivity index (χ1) is 9.63. The normalized spacial score (nSPS) is 18.9. The van der Waals surface area contributed by atoms with Gasteiger partial charge < -0.3 is 20.1 Å². The predicted octanol–water partition coefficient (Wildman–Crippen LogP) is 1.84. The lowest BCUT2D eigenvalue weighted by Gasteiger charge is -2.32. The fraction of sp³-hybridized carbons (Fsp3) is 0.857. The fourth-order valence-corrected chi connectivity index (χ4v) is 2.38. The van der Waals surface area contributed by atoms with E-state index < -0.39 is 5.97 Å². The summed E-state index contributed by atoms with van der Waals surface area (Å²) in [6, 6.07) is -0.0346. The molecular formula is C14H26N2O4. The summed E-state index contributed by atoms with van der Waals surface area (Å²) in [5.74, 6) is -0.760. The summed E-state index contributed by atoms with van der Waals surface area (Å²) in [6.45, 7) is 4.71. The van der Waals surface area contributed by atoms with Crippen molar-refractivity contribution < 1.29 is 19.4 Å². The number of aliphatic carboxylic acids is 1. The number of carboxylic acid groups (broad SMARTS) is 1. The van der Waals surface area contributed by atoms with E-state index >= 15 is 0 Å². The van der Waals surface area contributed by atoms with E-state index in [4.69, 9.17) is 9.84 Å². The molecule has 0 saturated carbocycles. The molecule has 0 spiro atoms. The number of likely N-dealkylation sites (tertiary alicyclic amines) is 1. The number of hydrogen-bond acceptors (Lipinski definition) is 3. The number of nitrogens with one attached hydrogen (secondary N) is 1. The third-order valence-electron chi connectivity index (χ3n) is 3.41. The molecular weight excluding hydrogens is 260 g/mol. The lowest BCUT2D eigenvalue weighted by atomic mass is 10.1. The van der Waals surface area contributed by atoms with Crippen molar-refractivity contribution in [3.05, 3.63) is 0 Å². The van der Waals surface area contributed by atoms with Crippen LogP contribution in [0.15, 0.2) is 0 Å². The molecule has 1 rings (SSSR count). The van der Waals surface area contributed by atoms with Crippen LogP contribution in [0.5, 0.6) is 0 Å². The number of piperidine rings is 1. The summed E-state index contributed by atoms with van der Waals surface area (Å²) in [5, 5.41) is 11.4. The maximum absolute atomic E-state index is 12.0.